The van der Waals surface area contributed by atoms with Gasteiger partial charge in [-0.3, -0.25) is 19.4 Å². The number of carbonyl (C=O) groups excluding carboxylic acids is 3. The SMILES string of the molecule is COC(=O)CCc1c(C(=O)c2ccncc2)oc2cc(NC(C)=O)ccc12. The standard InChI is InChI=1S/C20H18N2O5/c1-12(23)22-14-3-4-15-16(5-6-18(24)26-2)20(27-17(15)11-14)19(25)13-7-9-21-10-8-13/h3-4,7-11H,5-6H2,1-2H3,(H,22,23). The van der Waals surface area contributed by atoms with Crippen LogP contribution < -0.4 is 5.32 Å². The number of ketones is 1. The Morgan fingerprint density at radius 1 is 1.15 bits per heavy atom. The van der Waals surface area contributed by atoms with Gasteiger partial charge in [0, 0.05) is 54.0 Å². The Labute approximate surface area is 155 Å². The number of pyridine rings is 1. The van der Waals surface area contributed by atoms with Crippen molar-refractivity contribution in [3.8, 4) is 0 Å². The summed E-state index contributed by atoms with van der Waals surface area (Å²) in [6.45, 7) is 1.41. The molecule has 1 aromatic carbocycles. The van der Waals surface area contributed by atoms with Crippen LogP contribution in [-0.2, 0) is 20.7 Å². The topological polar surface area (TPSA) is 98.5 Å². The van der Waals surface area contributed by atoms with Crippen molar-refractivity contribution in [3.05, 3.63) is 59.6 Å². The van der Waals surface area contributed by atoms with E-state index >= 15 is 0 Å². The van der Waals surface area contributed by atoms with Crippen LogP contribution in [0.5, 0.6) is 0 Å². The van der Waals surface area contributed by atoms with E-state index in [1.807, 2.05) is 0 Å². The number of anilines is 1. The molecule has 0 atom stereocenters. The van der Waals surface area contributed by atoms with Crippen molar-refractivity contribution in [2.75, 3.05) is 12.4 Å². The first-order chi connectivity index (χ1) is 13.0. The number of hydrogen-bond donors (Lipinski definition) is 1. The fourth-order valence-electron chi connectivity index (χ4n) is 2.83. The van der Waals surface area contributed by atoms with Gasteiger partial charge in [0.05, 0.1) is 7.11 Å². The molecule has 0 radical (unpaired) electrons. The highest BCUT2D eigenvalue weighted by atomic mass is 16.5. The molecule has 0 aliphatic carbocycles. The zero-order chi connectivity index (χ0) is 19.4. The number of hydrogen-bond acceptors (Lipinski definition) is 6. The summed E-state index contributed by atoms with van der Waals surface area (Å²) in [5, 5.41) is 3.39. The average Bonchev–Trinajstić information content (AvgIpc) is 3.03. The number of ether oxygens (including phenoxy) is 1. The van der Waals surface area contributed by atoms with Gasteiger partial charge in [0.2, 0.25) is 11.7 Å². The van der Waals surface area contributed by atoms with Crippen molar-refractivity contribution >= 4 is 34.3 Å². The summed E-state index contributed by atoms with van der Waals surface area (Å²) in [5.41, 5.74) is 2.08. The number of aromatic nitrogens is 1. The number of nitrogens with zero attached hydrogens (tertiary/aromatic N) is 1. The Morgan fingerprint density at radius 3 is 2.56 bits per heavy atom. The molecule has 0 saturated heterocycles. The van der Waals surface area contributed by atoms with E-state index in [0.29, 0.717) is 34.2 Å². The predicted molar refractivity (Wildman–Crippen MR) is 98.5 cm³/mol. The quantitative estimate of drug-likeness (QED) is 0.532. The maximum atomic E-state index is 12.9. The van der Waals surface area contributed by atoms with Crippen molar-refractivity contribution < 1.29 is 23.5 Å². The highest BCUT2D eigenvalue weighted by Crippen LogP contribution is 2.31. The monoisotopic (exact) mass is 366 g/mol. The molecule has 27 heavy (non-hydrogen) atoms. The zero-order valence-corrected chi connectivity index (χ0v) is 14.9. The number of rotatable bonds is 6. The summed E-state index contributed by atoms with van der Waals surface area (Å²) in [4.78, 5) is 39.7. The number of methoxy groups -OCH3 is 1. The number of aryl methyl sites for hydroxylation is 1. The maximum absolute atomic E-state index is 12.9. The van der Waals surface area contributed by atoms with E-state index < -0.39 is 0 Å². The van der Waals surface area contributed by atoms with Gasteiger partial charge in [-0.25, -0.2) is 0 Å². The molecule has 0 bridgehead atoms. The lowest BCUT2D eigenvalue weighted by atomic mass is 10.0. The molecule has 0 fully saturated rings. The second-order valence-corrected chi connectivity index (χ2v) is 5.94. The second-order valence-electron chi connectivity index (χ2n) is 5.94. The lowest BCUT2D eigenvalue weighted by Crippen LogP contribution is -2.06. The van der Waals surface area contributed by atoms with Gasteiger partial charge >= 0.3 is 5.97 Å². The molecule has 1 N–H and O–H groups in total. The lowest BCUT2D eigenvalue weighted by molar-refractivity contribution is -0.140. The Bertz CT molecular complexity index is 1010. The van der Waals surface area contributed by atoms with Gasteiger partial charge < -0.3 is 14.5 Å². The third-order valence-electron chi connectivity index (χ3n) is 4.07. The van der Waals surface area contributed by atoms with Gasteiger partial charge in [0.15, 0.2) is 5.76 Å². The summed E-state index contributed by atoms with van der Waals surface area (Å²) in [5.74, 6) is -0.712. The molecule has 0 unspecified atom stereocenters. The Morgan fingerprint density at radius 2 is 1.89 bits per heavy atom. The van der Waals surface area contributed by atoms with E-state index in [1.54, 1.807) is 30.3 Å². The smallest absolute Gasteiger partial charge is 0.305 e. The van der Waals surface area contributed by atoms with Crippen LogP contribution >= 0.6 is 0 Å². The Kier molecular flexibility index (Phi) is 5.30. The van der Waals surface area contributed by atoms with E-state index in [1.165, 1.54) is 26.4 Å². The first-order valence-corrected chi connectivity index (χ1v) is 8.34. The van der Waals surface area contributed by atoms with Crippen molar-refractivity contribution in [3.63, 3.8) is 0 Å². The largest absolute Gasteiger partial charge is 0.469 e. The van der Waals surface area contributed by atoms with Gasteiger partial charge in [-0.2, -0.15) is 0 Å². The molecule has 0 spiro atoms. The lowest BCUT2D eigenvalue weighted by Gasteiger charge is -2.03. The van der Waals surface area contributed by atoms with Gasteiger partial charge in [0.25, 0.3) is 0 Å². The Hall–Kier alpha value is -3.48. The van der Waals surface area contributed by atoms with E-state index in [0.717, 1.165) is 0 Å². The van der Waals surface area contributed by atoms with Crippen LogP contribution in [0.4, 0.5) is 5.69 Å². The highest BCUT2D eigenvalue weighted by Gasteiger charge is 2.22. The normalized spacial score (nSPS) is 10.6. The summed E-state index contributed by atoms with van der Waals surface area (Å²) < 4.78 is 10.5. The van der Waals surface area contributed by atoms with E-state index in [-0.39, 0.29) is 29.8 Å². The van der Waals surface area contributed by atoms with Crippen LogP contribution in [0.3, 0.4) is 0 Å². The van der Waals surface area contributed by atoms with Crippen molar-refractivity contribution in [2.45, 2.75) is 19.8 Å². The fourth-order valence-corrected chi connectivity index (χ4v) is 2.83. The summed E-state index contributed by atoms with van der Waals surface area (Å²) in [7, 11) is 1.32. The summed E-state index contributed by atoms with van der Waals surface area (Å²) >= 11 is 0. The number of amides is 1. The van der Waals surface area contributed by atoms with Gasteiger partial charge in [-0.15, -0.1) is 0 Å². The molecule has 3 rings (SSSR count). The minimum Gasteiger partial charge on any atom is -0.469 e. The zero-order valence-electron chi connectivity index (χ0n) is 14.9. The van der Waals surface area contributed by atoms with Crippen LogP contribution in [0.25, 0.3) is 11.0 Å². The van der Waals surface area contributed by atoms with Crippen LogP contribution in [0, 0.1) is 0 Å². The van der Waals surface area contributed by atoms with Gasteiger partial charge in [-0.05, 0) is 30.7 Å². The van der Waals surface area contributed by atoms with Crippen LogP contribution in [0.2, 0.25) is 0 Å². The van der Waals surface area contributed by atoms with E-state index in [9.17, 15) is 14.4 Å². The maximum Gasteiger partial charge on any atom is 0.305 e. The molecule has 1 amide bonds. The van der Waals surface area contributed by atoms with Crippen LogP contribution in [-0.4, -0.2) is 29.8 Å². The van der Waals surface area contributed by atoms with E-state index in [4.69, 9.17) is 9.15 Å². The van der Waals surface area contributed by atoms with E-state index in [2.05, 4.69) is 10.3 Å². The average molecular weight is 366 g/mol. The molecule has 0 saturated carbocycles. The molecule has 3 aromatic rings. The molecule has 2 heterocycles. The molecule has 0 aliphatic heterocycles. The second kappa shape index (κ2) is 7.82. The van der Waals surface area contributed by atoms with Crippen LogP contribution in [0.1, 0.15) is 35.0 Å². The van der Waals surface area contributed by atoms with Crippen molar-refractivity contribution in [1.29, 1.82) is 0 Å². The Balaban J connectivity index is 2.07. The molecule has 7 heteroatoms. The number of benzene rings is 1. The summed E-state index contributed by atoms with van der Waals surface area (Å²) in [6.07, 6.45) is 3.47. The van der Waals surface area contributed by atoms with Gasteiger partial charge in [0.1, 0.15) is 5.58 Å². The minimum absolute atomic E-state index is 0.120. The molecule has 7 nitrogen and oxygen atoms in total. The number of esters is 1. The number of furan rings is 1. The van der Waals surface area contributed by atoms with Crippen molar-refractivity contribution in [1.82, 2.24) is 4.98 Å². The van der Waals surface area contributed by atoms with Gasteiger partial charge in [-0.1, -0.05) is 0 Å². The molecular weight excluding hydrogens is 348 g/mol. The van der Waals surface area contributed by atoms with Crippen LogP contribution in [0.15, 0.2) is 47.1 Å². The minimum atomic E-state index is -0.374. The molecule has 138 valence electrons. The third kappa shape index (κ3) is 4.03. The molecular formula is C20H18N2O5. The molecule has 2 aromatic heterocycles. The third-order valence-corrected chi connectivity index (χ3v) is 4.07. The highest BCUT2D eigenvalue weighted by molar-refractivity contribution is 6.10. The fraction of sp³-hybridized carbons (Fsp3) is 0.200. The number of carbonyl (C=O) groups is 3. The number of fused-ring (bicyclic) bond motifs is 1. The number of nitrogens with one attached hydrogen (secondary N) is 1. The first-order valence-electron chi connectivity index (χ1n) is 8.34. The summed E-state index contributed by atoms with van der Waals surface area (Å²) in [6, 6.07) is 8.34. The first kappa shape index (κ1) is 18.3. The van der Waals surface area contributed by atoms with Crippen molar-refractivity contribution in [2.24, 2.45) is 0 Å². The predicted octanol–water partition coefficient (Wildman–Crippen LogP) is 3.12. The molecule has 0 aliphatic rings.